The highest BCUT2D eigenvalue weighted by Gasteiger charge is 2.03. The van der Waals surface area contributed by atoms with Gasteiger partial charge in [0.1, 0.15) is 5.01 Å². The first-order chi connectivity index (χ1) is 6.79. The van der Waals surface area contributed by atoms with E-state index in [1.165, 1.54) is 0 Å². The van der Waals surface area contributed by atoms with Crippen LogP contribution >= 0.6 is 43.2 Å². The molecule has 1 heterocycles. The van der Waals surface area contributed by atoms with Crippen molar-refractivity contribution in [1.29, 1.82) is 0 Å². The lowest BCUT2D eigenvalue weighted by molar-refractivity contribution is 1.25. The number of benzene rings is 1. The Kier molecular flexibility index (Phi) is 3.36. The van der Waals surface area contributed by atoms with E-state index in [1.54, 1.807) is 11.3 Å². The molecule has 1 nitrogen and oxygen atoms in total. The molecule has 0 unspecified atom stereocenters. The van der Waals surface area contributed by atoms with Gasteiger partial charge >= 0.3 is 0 Å². The Morgan fingerprint density at radius 1 is 1.36 bits per heavy atom. The zero-order chi connectivity index (χ0) is 9.97. The number of aromatic nitrogens is 1. The fourth-order valence-corrected chi connectivity index (χ4v) is 2.84. The maximum atomic E-state index is 4.49. The molecule has 0 saturated heterocycles. The molecule has 1 aromatic carbocycles. The summed E-state index contributed by atoms with van der Waals surface area (Å²) < 4.78 is 1.09. The summed E-state index contributed by atoms with van der Waals surface area (Å²) in [6, 6.07) is 8.19. The van der Waals surface area contributed by atoms with Crippen molar-refractivity contribution in [3.8, 4) is 10.6 Å². The van der Waals surface area contributed by atoms with Crippen LogP contribution in [0, 0.1) is 0 Å². The van der Waals surface area contributed by atoms with E-state index < -0.39 is 0 Å². The molecular weight excluding hydrogens is 326 g/mol. The van der Waals surface area contributed by atoms with Gasteiger partial charge in [-0.05, 0) is 12.1 Å². The summed E-state index contributed by atoms with van der Waals surface area (Å²) in [4.78, 5) is 4.49. The molecule has 2 rings (SSSR count). The third-order valence-electron chi connectivity index (χ3n) is 1.76. The minimum Gasteiger partial charge on any atom is -0.240 e. The minimum atomic E-state index is 0.817. The second-order valence-electron chi connectivity index (χ2n) is 2.79. The van der Waals surface area contributed by atoms with Gasteiger partial charge in [0.15, 0.2) is 0 Å². The number of hydrogen-bond donors (Lipinski definition) is 0. The lowest BCUT2D eigenvalue weighted by Gasteiger charge is -1.95. The van der Waals surface area contributed by atoms with Gasteiger partial charge in [0.25, 0.3) is 0 Å². The molecule has 0 spiro atoms. The van der Waals surface area contributed by atoms with Crippen molar-refractivity contribution >= 4 is 43.2 Å². The fourth-order valence-electron chi connectivity index (χ4n) is 1.12. The Balaban J connectivity index is 2.39. The molecule has 2 aromatic rings. The summed E-state index contributed by atoms with van der Waals surface area (Å²) in [5.74, 6) is 0. The Morgan fingerprint density at radius 3 is 2.86 bits per heavy atom. The second-order valence-corrected chi connectivity index (χ2v) is 5.12. The summed E-state index contributed by atoms with van der Waals surface area (Å²) >= 11 is 8.52. The largest absolute Gasteiger partial charge is 0.240 e. The van der Waals surface area contributed by atoms with Crippen molar-refractivity contribution in [2.24, 2.45) is 0 Å². The van der Waals surface area contributed by atoms with Gasteiger partial charge in [-0.1, -0.05) is 44.0 Å². The number of hydrogen-bond acceptors (Lipinski definition) is 2. The third kappa shape index (κ3) is 2.24. The van der Waals surface area contributed by atoms with Crippen molar-refractivity contribution in [2.75, 3.05) is 0 Å². The lowest BCUT2D eigenvalue weighted by atomic mass is 10.2. The number of alkyl halides is 1. The molecule has 0 amide bonds. The van der Waals surface area contributed by atoms with Crippen LogP contribution in [0.4, 0.5) is 0 Å². The predicted octanol–water partition coefficient (Wildman–Crippen LogP) is 4.47. The first-order valence-electron chi connectivity index (χ1n) is 4.06. The first kappa shape index (κ1) is 10.3. The molecule has 4 heteroatoms. The highest BCUT2D eigenvalue weighted by Crippen LogP contribution is 2.26. The summed E-state index contributed by atoms with van der Waals surface area (Å²) in [5.41, 5.74) is 2.25. The number of thiazole rings is 1. The second kappa shape index (κ2) is 4.55. The maximum absolute atomic E-state index is 4.49. The van der Waals surface area contributed by atoms with Crippen LogP contribution in [-0.2, 0) is 5.33 Å². The van der Waals surface area contributed by atoms with Crippen molar-refractivity contribution < 1.29 is 0 Å². The molecule has 0 N–H and O–H groups in total. The zero-order valence-corrected chi connectivity index (χ0v) is 11.2. The minimum absolute atomic E-state index is 0.817. The van der Waals surface area contributed by atoms with Crippen molar-refractivity contribution in [3.05, 3.63) is 39.8 Å². The molecule has 0 fully saturated rings. The van der Waals surface area contributed by atoms with Crippen LogP contribution in [0.1, 0.15) is 5.69 Å². The van der Waals surface area contributed by atoms with Crippen molar-refractivity contribution in [2.45, 2.75) is 5.33 Å². The summed E-state index contributed by atoms with van der Waals surface area (Å²) in [5, 5.41) is 3.96. The Labute approximate surface area is 103 Å². The molecule has 1 aromatic heterocycles. The van der Waals surface area contributed by atoms with E-state index in [-0.39, 0.29) is 0 Å². The predicted molar refractivity (Wildman–Crippen MR) is 67.9 cm³/mol. The topological polar surface area (TPSA) is 12.9 Å². The van der Waals surface area contributed by atoms with Gasteiger partial charge in [-0.25, -0.2) is 4.98 Å². The average molecular weight is 333 g/mol. The van der Waals surface area contributed by atoms with E-state index in [1.807, 2.05) is 12.1 Å². The van der Waals surface area contributed by atoms with Crippen LogP contribution in [0.3, 0.4) is 0 Å². The summed E-state index contributed by atoms with van der Waals surface area (Å²) in [6.07, 6.45) is 0. The monoisotopic (exact) mass is 331 g/mol. The van der Waals surface area contributed by atoms with Gasteiger partial charge < -0.3 is 0 Å². The van der Waals surface area contributed by atoms with Gasteiger partial charge in [-0.2, -0.15) is 0 Å². The van der Waals surface area contributed by atoms with Crippen LogP contribution in [0.5, 0.6) is 0 Å². The Bertz CT molecular complexity index is 439. The van der Waals surface area contributed by atoms with E-state index >= 15 is 0 Å². The van der Waals surface area contributed by atoms with Gasteiger partial charge in [0.2, 0.25) is 0 Å². The summed E-state index contributed by atoms with van der Waals surface area (Å²) in [6.45, 7) is 0. The van der Waals surface area contributed by atoms with Crippen molar-refractivity contribution in [1.82, 2.24) is 4.98 Å². The van der Waals surface area contributed by atoms with Gasteiger partial charge in [-0.15, -0.1) is 11.3 Å². The zero-order valence-electron chi connectivity index (χ0n) is 7.21. The normalized spacial score (nSPS) is 10.4. The molecule has 0 radical (unpaired) electrons. The van der Waals surface area contributed by atoms with Crippen LogP contribution in [0.15, 0.2) is 34.1 Å². The Morgan fingerprint density at radius 2 is 2.21 bits per heavy atom. The van der Waals surface area contributed by atoms with E-state index in [9.17, 15) is 0 Å². The molecule has 0 bridgehead atoms. The third-order valence-corrected chi connectivity index (χ3v) is 3.77. The van der Waals surface area contributed by atoms with E-state index in [4.69, 9.17) is 0 Å². The van der Waals surface area contributed by atoms with Gasteiger partial charge in [-0.3, -0.25) is 0 Å². The van der Waals surface area contributed by atoms with E-state index in [0.717, 1.165) is 26.1 Å². The number of nitrogens with zero attached hydrogens (tertiary/aromatic N) is 1. The SMILES string of the molecule is BrCc1csc(-c2cccc(Br)c2)n1. The molecular formula is C10H7Br2NS. The van der Waals surface area contributed by atoms with Crippen LogP contribution in [0.25, 0.3) is 10.6 Å². The average Bonchev–Trinajstić information content (AvgIpc) is 2.66. The molecule has 14 heavy (non-hydrogen) atoms. The Hall–Kier alpha value is -0.190. The van der Waals surface area contributed by atoms with Crippen molar-refractivity contribution in [3.63, 3.8) is 0 Å². The van der Waals surface area contributed by atoms with Crippen LogP contribution < -0.4 is 0 Å². The van der Waals surface area contributed by atoms with Gasteiger partial charge in [0, 0.05) is 20.7 Å². The highest BCUT2D eigenvalue weighted by atomic mass is 79.9. The quantitative estimate of drug-likeness (QED) is 0.739. The highest BCUT2D eigenvalue weighted by molar-refractivity contribution is 9.10. The molecule has 0 aliphatic heterocycles. The molecule has 0 aliphatic carbocycles. The van der Waals surface area contributed by atoms with Gasteiger partial charge in [0.05, 0.1) is 5.69 Å². The van der Waals surface area contributed by atoms with E-state index in [2.05, 4.69) is 54.4 Å². The maximum Gasteiger partial charge on any atom is 0.123 e. The molecule has 0 saturated carbocycles. The van der Waals surface area contributed by atoms with Crippen LogP contribution in [0.2, 0.25) is 0 Å². The number of rotatable bonds is 2. The molecule has 0 aliphatic rings. The smallest absolute Gasteiger partial charge is 0.123 e. The van der Waals surface area contributed by atoms with Crippen LogP contribution in [-0.4, -0.2) is 4.98 Å². The molecule has 0 atom stereocenters. The standard InChI is InChI=1S/C10H7Br2NS/c11-5-9-6-14-10(13-9)7-2-1-3-8(12)4-7/h1-4,6H,5H2. The first-order valence-corrected chi connectivity index (χ1v) is 6.85. The summed E-state index contributed by atoms with van der Waals surface area (Å²) in [7, 11) is 0. The fraction of sp³-hybridized carbons (Fsp3) is 0.100. The van der Waals surface area contributed by atoms with E-state index in [0.29, 0.717) is 0 Å². The number of halogens is 2. The molecule has 72 valence electrons. The lowest BCUT2D eigenvalue weighted by Crippen LogP contribution is -1.78.